The van der Waals surface area contributed by atoms with Gasteiger partial charge in [-0.3, -0.25) is 14.6 Å². The van der Waals surface area contributed by atoms with Crippen molar-refractivity contribution in [1.82, 2.24) is 29.7 Å². The molecule has 3 amide bonds. The summed E-state index contributed by atoms with van der Waals surface area (Å²) in [5, 5.41) is 8.44. The molecule has 0 saturated carbocycles. The molecule has 1 aliphatic rings. The maximum Gasteiger partial charge on any atom is 0.331 e. The summed E-state index contributed by atoms with van der Waals surface area (Å²) < 4.78 is 7.90. The van der Waals surface area contributed by atoms with Crippen LogP contribution in [0.15, 0.2) is 43.5 Å². The number of rotatable bonds is 7. The Kier molecular flexibility index (Phi) is 8.50. The maximum atomic E-state index is 13.1. The van der Waals surface area contributed by atoms with Crippen molar-refractivity contribution in [1.29, 1.82) is 0 Å². The van der Waals surface area contributed by atoms with Crippen LogP contribution < -0.4 is 5.32 Å². The van der Waals surface area contributed by atoms with Crippen LogP contribution in [0.3, 0.4) is 0 Å². The standard InChI is InChI=1S/C28H35ClN6O3/c1-7-33(17(2)3)28(37)34(20(6)36)14-21-9-26-27(31-16-32-35(26)15-21)25-10-22(29)8-18(4)24(25)11-23-13-30-12-19(5)38-23/h7-10,15-17,19,23,30H,1,11-14H2,2-6H3/t19-,23?/m0/s1. The molecule has 4 rings (SSSR count). The van der Waals surface area contributed by atoms with Crippen LogP contribution in [0.25, 0.3) is 16.8 Å². The highest BCUT2D eigenvalue weighted by Gasteiger charge is 2.26. The lowest BCUT2D eigenvalue weighted by Gasteiger charge is -2.30. The summed E-state index contributed by atoms with van der Waals surface area (Å²) in [6, 6.07) is 5.23. The van der Waals surface area contributed by atoms with Crippen LogP contribution in [-0.4, -0.2) is 67.7 Å². The molecule has 3 aromatic rings. The molecular weight excluding hydrogens is 504 g/mol. The van der Waals surface area contributed by atoms with Crippen LogP contribution >= 0.6 is 11.6 Å². The van der Waals surface area contributed by atoms with Gasteiger partial charge in [-0.25, -0.2) is 14.3 Å². The Morgan fingerprint density at radius 3 is 2.74 bits per heavy atom. The highest BCUT2D eigenvalue weighted by atomic mass is 35.5. The van der Waals surface area contributed by atoms with Crippen LogP contribution in [-0.2, 0) is 22.5 Å². The van der Waals surface area contributed by atoms with Crippen molar-refractivity contribution < 1.29 is 14.3 Å². The van der Waals surface area contributed by atoms with Gasteiger partial charge in [0.05, 0.1) is 30.0 Å². The van der Waals surface area contributed by atoms with Crippen molar-refractivity contribution in [2.24, 2.45) is 0 Å². The summed E-state index contributed by atoms with van der Waals surface area (Å²) in [4.78, 5) is 32.8. The largest absolute Gasteiger partial charge is 0.372 e. The first-order valence-electron chi connectivity index (χ1n) is 12.8. The number of carbonyl (C=O) groups excluding carboxylic acids is 2. The van der Waals surface area contributed by atoms with E-state index >= 15 is 0 Å². The zero-order chi connectivity index (χ0) is 27.6. The van der Waals surface area contributed by atoms with E-state index in [0.29, 0.717) is 11.4 Å². The molecular formula is C28H35ClN6O3. The molecule has 0 aliphatic carbocycles. The van der Waals surface area contributed by atoms with Crippen LogP contribution in [0.4, 0.5) is 4.79 Å². The number of aryl methyl sites for hydroxylation is 1. The summed E-state index contributed by atoms with van der Waals surface area (Å²) in [7, 11) is 0. The maximum absolute atomic E-state index is 13.1. The Balaban J connectivity index is 1.72. The van der Waals surface area contributed by atoms with Crippen molar-refractivity contribution in [3.05, 3.63) is 65.2 Å². The number of urea groups is 1. The van der Waals surface area contributed by atoms with Gasteiger partial charge >= 0.3 is 6.03 Å². The van der Waals surface area contributed by atoms with Gasteiger partial charge in [-0.1, -0.05) is 18.2 Å². The summed E-state index contributed by atoms with van der Waals surface area (Å²) >= 11 is 6.51. The van der Waals surface area contributed by atoms with Gasteiger partial charge in [0, 0.05) is 55.5 Å². The first-order valence-corrected chi connectivity index (χ1v) is 13.2. The van der Waals surface area contributed by atoms with E-state index in [2.05, 4.69) is 28.9 Å². The number of nitrogens with zero attached hydrogens (tertiary/aromatic N) is 5. The second-order valence-electron chi connectivity index (χ2n) is 10.0. The summed E-state index contributed by atoms with van der Waals surface area (Å²) in [6.07, 6.45) is 5.63. The first-order chi connectivity index (χ1) is 18.1. The molecule has 0 radical (unpaired) electrons. The zero-order valence-corrected chi connectivity index (χ0v) is 23.3. The molecule has 1 saturated heterocycles. The monoisotopic (exact) mass is 538 g/mol. The second-order valence-corrected chi connectivity index (χ2v) is 10.5. The molecule has 0 spiro atoms. The fourth-order valence-corrected chi connectivity index (χ4v) is 5.17. The average Bonchev–Trinajstić information content (AvgIpc) is 3.27. The fraction of sp³-hybridized carbons (Fsp3) is 0.429. The van der Waals surface area contributed by atoms with E-state index in [1.54, 1.807) is 4.52 Å². The van der Waals surface area contributed by atoms with Crippen molar-refractivity contribution in [3.8, 4) is 11.3 Å². The summed E-state index contributed by atoms with van der Waals surface area (Å²) in [6.45, 7) is 14.6. The van der Waals surface area contributed by atoms with Crippen molar-refractivity contribution in [3.63, 3.8) is 0 Å². The average molecular weight is 539 g/mol. The van der Waals surface area contributed by atoms with E-state index < -0.39 is 6.03 Å². The minimum absolute atomic E-state index is 0.0291. The van der Waals surface area contributed by atoms with E-state index in [4.69, 9.17) is 16.3 Å². The van der Waals surface area contributed by atoms with Crippen LogP contribution in [0.5, 0.6) is 0 Å². The van der Waals surface area contributed by atoms with Gasteiger partial charge in [0.15, 0.2) is 0 Å². The predicted molar refractivity (Wildman–Crippen MR) is 148 cm³/mol. The van der Waals surface area contributed by atoms with E-state index in [1.165, 1.54) is 29.3 Å². The van der Waals surface area contributed by atoms with Gasteiger partial charge in [-0.05, 0) is 62.6 Å². The normalized spacial score (nSPS) is 17.6. The molecule has 3 heterocycles. The number of benzene rings is 1. The lowest BCUT2D eigenvalue weighted by Crippen LogP contribution is -2.45. The van der Waals surface area contributed by atoms with Crippen LogP contribution in [0, 0.1) is 6.92 Å². The summed E-state index contributed by atoms with van der Waals surface area (Å²) in [5.74, 6) is -0.355. The number of imide groups is 1. The van der Waals surface area contributed by atoms with Crippen molar-refractivity contribution >= 4 is 29.1 Å². The highest BCUT2D eigenvalue weighted by Crippen LogP contribution is 2.33. The van der Waals surface area contributed by atoms with E-state index in [9.17, 15) is 9.59 Å². The highest BCUT2D eigenvalue weighted by molar-refractivity contribution is 6.31. The predicted octanol–water partition coefficient (Wildman–Crippen LogP) is 4.60. The molecule has 10 heteroatoms. The topological polar surface area (TPSA) is 92.1 Å². The third kappa shape index (κ3) is 5.90. The van der Waals surface area contributed by atoms with Gasteiger partial charge in [0.2, 0.25) is 5.91 Å². The van der Waals surface area contributed by atoms with Gasteiger partial charge in [-0.2, -0.15) is 5.10 Å². The molecule has 202 valence electrons. The number of carbonyl (C=O) groups is 2. The number of hydrogen-bond donors (Lipinski definition) is 1. The molecule has 1 aliphatic heterocycles. The Labute approximate surface area is 228 Å². The second kappa shape index (κ2) is 11.6. The van der Waals surface area contributed by atoms with Crippen molar-refractivity contribution in [2.75, 3.05) is 13.1 Å². The molecule has 9 nitrogen and oxygen atoms in total. The Bertz CT molecular complexity index is 1350. The van der Waals surface area contributed by atoms with Gasteiger partial charge in [0.25, 0.3) is 0 Å². The number of nitrogens with one attached hydrogen (secondary N) is 1. The van der Waals surface area contributed by atoms with Gasteiger partial charge in [-0.15, -0.1) is 0 Å². The van der Waals surface area contributed by atoms with Gasteiger partial charge in [0.1, 0.15) is 6.33 Å². The minimum atomic E-state index is -0.424. The van der Waals surface area contributed by atoms with E-state index in [1.807, 2.05) is 45.2 Å². The third-order valence-electron chi connectivity index (χ3n) is 6.74. The molecule has 0 bridgehead atoms. The van der Waals surface area contributed by atoms with E-state index in [-0.39, 0.29) is 30.7 Å². The molecule has 1 unspecified atom stereocenters. The van der Waals surface area contributed by atoms with E-state index in [0.717, 1.165) is 46.6 Å². The number of aromatic nitrogens is 3. The molecule has 2 aromatic heterocycles. The Morgan fingerprint density at radius 2 is 2.08 bits per heavy atom. The lowest BCUT2D eigenvalue weighted by molar-refractivity contribution is -0.126. The Morgan fingerprint density at radius 1 is 1.32 bits per heavy atom. The molecule has 1 fully saturated rings. The lowest BCUT2D eigenvalue weighted by atomic mass is 9.93. The molecule has 1 aromatic carbocycles. The van der Waals surface area contributed by atoms with Crippen molar-refractivity contribution in [2.45, 2.75) is 65.8 Å². The molecule has 1 N–H and O–H groups in total. The number of ether oxygens (including phenoxy) is 1. The number of halogens is 1. The molecule has 38 heavy (non-hydrogen) atoms. The summed E-state index contributed by atoms with van der Waals surface area (Å²) in [5.41, 5.74) is 5.30. The fourth-order valence-electron chi connectivity index (χ4n) is 4.90. The smallest absolute Gasteiger partial charge is 0.331 e. The number of amides is 3. The number of morpholine rings is 1. The van der Waals surface area contributed by atoms with Crippen LogP contribution in [0.1, 0.15) is 44.4 Å². The third-order valence-corrected chi connectivity index (χ3v) is 6.96. The minimum Gasteiger partial charge on any atom is -0.372 e. The van der Waals surface area contributed by atoms with Gasteiger partial charge < -0.3 is 10.1 Å². The molecule has 2 atom stereocenters. The first kappa shape index (κ1) is 27.8. The Hall–Kier alpha value is -3.27. The quantitative estimate of drug-likeness (QED) is 0.472. The SMILES string of the molecule is C=CN(C(=O)N(Cc1cc2c(-c3cc(Cl)cc(C)c3CC3CNC[C@H](C)O3)ncnn2c1)C(C)=O)C(C)C. The van der Waals surface area contributed by atoms with Crippen LogP contribution in [0.2, 0.25) is 5.02 Å². The number of hydrogen-bond acceptors (Lipinski definition) is 6. The zero-order valence-electron chi connectivity index (χ0n) is 22.6. The number of fused-ring (bicyclic) bond motifs is 1.